The lowest BCUT2D eigenvalue weighted by atomic mass is 10.2. The van der Waals surface area contributed by atoms with E-state index in [1.165, 1.54) is 0 Å². The Morgan fingerprint density at radius 1 is 1.33 bits per heavy atom. The summed E-state index contributed by atoms with van der Waals surface area (Å²) < 4.78 is 4.93. The Morgan fingerprint density at radius 2 is 2.13 bits per heavy atom. The highest BCUT2D eigenvalue weighted by atomic mass is 16.5. The maximum Gasteiger partial charge on any atom is 0.324 e. The van der Waals surface area contributed by atoms with Crippen LogP contribution in [0.1, 0.15) is 25.7 Å². The van der Waals surface area contributed by atoms with Crippen LogP contribution < -0.4 is 5.32 Å². The van der Waals surface area contributed by atoms with Crippen molar-refractivity contribution < 1.29 is 14.3 Å². The lowest BCUT2D eigenvalue weighted by Gasteiger charge is -2.26. The number of nitrogens with zero attached hydrogens (tertiary/aromatic N) is 1. The molecule has 0 aliphatic carbocycles. The Morgan fingerprint density at radius 3 is 2.80 bits per heavy atom. The zero-order valence-corrected chi connectivity index (χ0v) is 9.12. The van der Waals surface area contributed by atoms with Crippen molar-refractivity contribution in [2.75, 3.05) is 26.8 Å². The average Bonchev–Trinajstić information content (AvgIpc) is 2.20. The smallest absolute Gasteiger partial charge is 0.324 e. The highest BCUT2D eigenvalue weighted by Crippen LogP contribution is 2.04. The van der Waals surface area contributed by atoms with Crippen molar-refractivity contribution in [2.45, 2.75) is 25.7 Å². The summed E-state index contributed by atoms with van der Waals surface area (Å²) in [5.41, 5.74) is 0. The van der Waals surface area contributed by atoms with Gasteiger partial charge in [-0.3, -0.25) is 10.1 Å². The molecule has 0 aromatic heterocycles. The third-order valence-electron chi connectivity index (χ3n) is 2.42. The van der Waals surface area contributed by atoms with Gasteiger partial charge in [0.25, 0.3) is 0 Å². The second kappa shape index (κ2) is 6.40. The predicted octanol–water partition coefficient (Wildman–Crippen LogP) is 0.745. The summed E-state index contributed by atoms with van der Waals surface area (Å²) in [4.78, 5) is 23.8. The average molecular weight is 214 g/mol. The number of unbranched alkanes of at least 4 members (excludes halogenated alkanes) is 2. The first-order valence-corrected chi connectivity index (χ1v) is 5.31. The first-order chi connectivity index (χ1) is 7.24. The number of nitrogens with one attached hydrogen (secondary N) is 1. The number of imide groups is 1. The van der Waals surface area contributed by atoms with Crippen LogP contribution in [0.5, 0.6) is 0 Å². The van der Waals surface area contributed by atoms with Gasteiger partial charge in [-0.2, -0.15) is 0 Å². The van der Waals surface area contributed by atoms with Gasteiger partial charge < -0.3 is 9.64 Å². The monoisotopic (exact) mass is 214 g/mol. The van der Waals surface area contributed by atoms with Crippen LogP contribution in [0.2, 0.25) is 0 Å². The fourth-order valence-corrected chi connectivity index (χ4v) is 1.54. The highest BCUT2D eigenvalue weighted by Gasteiger charge is 2.21. The minimum Gasteiger partial charge on any atom is -0.385 e. The Kier molecular flexibility index (Phi) is 5.10. The third kappa shape index (κ3) is 4.29. The predicted molar refractivity (Wildman–Crippen MR) is 55.5 cm³/mol. The first kappa shape index (κ1) is 12.0. The second-order valence-corrected chi connectivity index (χ2v) is 3.64. The van der Waals surface area contributed by atoms with E-state index in [0.29, 0.717) is 13.0 Å². The summed E-state index contributed by atoms with van der Waals surface area (Å²) in [6.07, 6.45) is 3.45. The van der Waals surface area contributed by atoms with Crippen molar-refractivity contribution in [3.05, 3.63) is 0 Å². The maximum atomic E-state index is 11.3. The topological polar surface area (TPSA) is 58.6 Å². The minimum absolute atomic E-state index is 0.171. The van der Waals surface area contributed by atoms with Crippen LogP contribution in [-0.2, 0) is 9.53 Å². The Bertz CT molecular complexity index is 231. The molecule has 0 aromatic carbocycles. The standard InChI is InChI=1S/C10H18N2O3/c1-15-8-4-2-3-6-12-7-5-9(13)11-10(12)14/h2-8H2,1H3,(H,11,13,14). The van der Waals surface area contributed by atoms with Crippen LogP contribution in [0.25, 0.3) is 0 Å². The van der Waals surface area contributed by atoms with Crippen molar-refractivity contribution in [1.29, 1.82) is 0 Å². The Labute approximate surface area is 89.8 Å². The minimum atomic E-state index is -0.252. The van der Waals surface area contributed by atoms with Crippen LogP contribution in [0.15, 0.2) is 0 Å². The maximum absolute atomic E-state index is 11.3. The van der Waals surface area contributed by atoms with Gasteiger partial charge in [0, 0.05) is 33.2 Å². The number of hydrogen-bond acceptors (Lipinski definition) is 3. The number of amides is 3. The molecule has 0 radical (unpaired) electrons. The normalized spacial score (nSPS) is 16.7. The first-order valence-electron chi connectivity index (χ1n) is 5.31. The van der Waals surface area contributed by atoms with Crippen molar-refractivity contribution >= 4 is 11.9 Å². The lowest BCUT2D eigenvalue weighted by Crippen LogP contribution is -2.49. The fourth-order valence-electron chi connectivity index (χ4n) is 1.54. The van der Waals surface area contributed by atoms with Crippen LogP contribution >= 0.6 is 0 Å². The number of ether oxygens (including phenoxy) is 1. The van der Waals surface area contributed by atoms with Gasteiger partial charge >= 0.3 is 6.03 Å². The number of rotatable bonds is 6. The van der Waals surface area contributed by atoms with E-state index in [4.69, 9.17) is 4.74 Å². The van der Waals surface area contributed by atoms with E-state index in [1.807, 2.05) is 0 Å². The van der Waals surface area contributed by atoms with Crippen LogP contribution in [-0.4, -0.2) is 43.6 Å². The van der Waals surface area contributed by atoms with E-state index in [9.17, 15) is 9.59 Å². The number of methoxy groups -OCH3 is 1. The summed E-state index contributed by atoms with van der Waals surface area (Å²) in [5.74, 6) is -0.171. The molecule has 5 heteroatoms. The molecule has 0 unspecified atom stereocenters. The summed E-state index contributed by atoms with van der Waals surface area (Å²) in [5, 5.41) is 2.30. The molecule has 86 valence electrons. The molecule has 0 spiro atoms. The van der Waals surface area contributed by atoms with Crippen molar-refractivity contribution in [3.63, 3.8) is 0 Å². The zero-order chi connectivity index (χ0) is 11.1. The Hall–Kier alpha value is -1.10. The van der Waals surface area contributed by atoms with Gasteiger partial charge in [0.15, 0.2) is 0 Å². The highest BCUT2D eigenvalue weighted by molar-refractivity contribution is 5.96. The zero-order valence-electron chi connectivity index (χ0n) is 9.12. The quantitative estimate of drug-likeness (QED) is 0.664. The van der Waals surface area contributed by atoms with E-state index in [2.05, 4.69) is 5.32 Å². The van der Waals surface area contributed by atoms with Crippen LogP contribution in [0, 0.1) is 0 Å². The summed E-state index contributed by atoms with van der Waals surface area (Å²) in [7, 11) is 1.68. The van der Waals surface area contributed by atoms with E-state index in [-0.39, 0.29) is 11.9 Å². The van der Waals surface area contributed by atoms with Gasteiger partial charge in [-0.25, -0.2) is 4.79 Å². The molecule has 0 bridgehead atoms. The lowest BCUT2D eigenvalue weighted by molar-refractivity contribution is -0.121. The summed E-state index contributed by atoms with van der Waals surface area (Å²) in [6, 6.07) is -0.252. The van der Waals surface area contributed by atoms with Crippen LogP contribution in [0.3, 0.4) is 0 Å². The van der Waals surface area contributed by atoms with E-state index in [1.54, 1.807) is 12.0 Å². The van der Waals surface area contributed by atoms with Gasteiger partial charge in [-0.1, -0.05) is 0 Å². The molecule has 1 heterocycles. The molecule has 1 aliphatic rings. The molecule has 1 N–H and O–H groups in total. The summed E-state index contributed by atoms with van der Waals surface area (Å²) >= 11 is 0. The Balaban J connectivity index is 2.10. The number of carbonyl (C=O) groups excluding carboxylic acids is 2. The molecule has 15 heavy (non-hydrogen) atoms. The van der Waals surface area contributed by atoms with Crippen molar-refractivity contribution in [1.82, 2.24) is 10.2 Å². The molecule has 1 rings (SSSR count). The molecule has 3 amide bonds. The molecule has 0 aromatic rings. The number of carbonyl (C=O) groups is 2. The van der Waals surface area contributed by atoms with Gasteiger partial charge in [-0.05, 0) is 19.3 Å². The fraction of sp³-hybridized carbons (Fsp3) is 0.800. The van der Waals surface area contributed by atoms with Gasteiger partial charge in [0.05, 0.1) is 0 Å². The van der Waals surface area contributed by atoms with Crippen molar-refractivity contribution in [3.8, 4) is 0 Å². The molecule has 0 atom stereocenters. The summed E-state index contributed by atoms with van der Waals surface area (Å²) in [6.45, 7) is 2.04. The van der Waals surface area contributed by atoms with Gasteiger partial charge in [0.2, 0.25) is 5.91 Å². The molecular weight excluding hydrogens is 196 g/mol. The van der Waals surface area contributed by atoms with E-state index in [0.717, 1.165) is 32.4 Å². The van der Waals surface area contributed by atoms with E-state index < -0.39 is 0 Å². The molecule has 0 saturated carbocycles. The number of hydrogen-bond donors (Lipinski definition) is 1. The third-order valence-corrected chi connectivity index (χ3v) is 2.42. The molecule has 1 aliphatic heterocycles. The van der Waals surface area contributed by atoms with Gasteiger partial charge in [-0.15, -0.1) is 0 Å². The number of urea groups is 1. The molecular formula is C10H18N2O3. The van der Waals surface area contributed by atoms with E-state index >= 15 is 0 Å². The van der Waals surface area contributed by atoms with Gasteiger partial charge in [0.1, 0.15) is 0 Å². The molecule has 1 fully saturated rings. The SMILES string of the molecule is COCCCCCN1CCC(=O)NC1=O. The molecule has 5 nitrogen and oxygen atoms in total. The van der Waals surface area contributed by atoms with Crippen molar-refractivity contribution in [2.24, 2.45) is 0 Å². The van der Waals surface area contributed by atoms with Crippen LogP contribution in [0.4, 0.5) is 4.79 Å². The molecule has 1 saturated heterocycles. The largest absolute Gasteiger partial charge is 0.385 e. The second-order valence-electron chi connectivity index (χ2n) is 3.64.